The molecule has 0 saturated carbocycles. The van der Waals surface area contributed by atoms with Crippen LogP contribution in [0.1, 0.15) is 33.4 Å². The summed E-state index contributed by atoms with van der Waals surface area (Å²) in [5.74, 6) is -0.852. The van der Waals surface area contributed by atoms with Crippen molar-refractivity contribution < 1.29 is 16.1 Å². The Morgan fingerprint density at radius 2 is 1.83 bits per heavy atom. The van der Waals surface area contributed by atoms with E-state index in [-0.39, 0.29) is 17.2 Å². The zero-order valence-electron chi connectivity index (χ0n) is 19.2. The minimum absolute atomic E-state index is 0.0710. The van der Waals surface area contributed by atoms with Crippen molar-refractivity contribution in [2.75, 3.05) is 0 Å². The van der Waals surface area contributed by atoms with Crippen LogP contribution in [0.2, 0.25) is 0 Å². The van der Waals surface area contributed by atoms with E-state index in [0.29, 0.717) is 16.5 Å². The van der Waals surface area contributed by atoms with Crippen molar-refractivity contribution in [3.05, 3.63) is 70.5 Å². The van der Waals surface area contributed by atoms with Crippen LogP contribution < -0.4 is 4.57 Å². The number of rotatable bonds is 3. The van der Waals surface area contributed by atoms with E-state index >= 15 is 0 Å². The third-order valence-corrected chi connectivity index (χ3v) is 5.32. The van der Waals surface area contributed by atoms with Crippen molar-refractivity contribution in [3.8, 4) is 11.3 Å². The lowest BCUT2D eigenvalue weighted by molar-refractivity contribution is -0.666. The van der Waals surface area contributed by atoms with Gasteiger partial charge < -0.3 is 4.42 Å². The van der Waals surface area contributed by atoms with Gasteiger partial charge in [0.1, 0.15) is 12.6 Å². The van der Waals surface area contributed by atoms with Gasteiger partial charge in [0.2, 0.25) is 11.4 Å². The molecule has 0 aliphatic heterocycles. The van der Waals surface area contributed by atoms with E-state index < -0.39 is 12.2 Å². The lowest BCUT2D eigenvalue weighted by atomic mass is 9.96. The normalized spacial score (nSPS) is 13.0. The smallest absolute Gasteiger partial charge is 0.225 e. The number of aryl methyl sites for hydroxylation is 2. The summed E-state index contributed by atoms with van der Waals surface area (Å²) in [6.45, 7) is 14.8. The molecule has 0 aliphatic rings. The van der Waals surface area contributed by atoms with Gasteiger partial charge in [-0.15, -0.1) is 0 Å². The van der Waals surface area contributed by atoms with Crippen LogP contribution in [0.15, 0.2) is 40.8 Å². The second-order valence-corrected chi connectivity index (χ2v) is 7.75. The Morgan fingerprint density at radius 1 is 1.14 bits per heavy atom. The zero-order chi connectivity index (χ0) is 22.7. The van der Waals surface area contributed by atoms with Crippen LogP contribution in [0.25, 0.3) is 38.0 Å². The number of halogens is 1. The fraction of sp³-hybridized carbons (Fsp3) is 0.280. The van der Waals surface area contributed by atoms with Gasteiger partial charge in [0.25, 0.3) is 0 Å². The Hall–Kier alpha value is -3.19. The molecule has 146 valence electrons. The minimum Gasteiger partial charge on any atom is -0.453 e. The number of fused-ring (bicyclic) bond motifs is 3. The highest BCUT2D eigenvalue weighted by molar-refractivity contribution is 6.10. The predicted molar refractivity (Wildman–Crippen MR) is 115 cm³/mol. The Labute approximate surface area is 173 Å². The molecule has 2 aromatic carbocycles. The number of pyridine rings is 1. The first-order valence-electron chi connectivity index (χ1n) is 10.6. The van der Waals surface area contributed by atoms with E-state index in [2.05, 4.69) is 4.85 Å². The highest BCUT2D eigenvalue weighted by Crippen LogP contribution is 2.39. The summed E-state index contributed by atoms with van der Waals surface area (Å²) in [6, 6.07) is 10.8. The number of hydrogen-bond donors (Lipinski definition) is 0. The molecule has 29 heavy (non-hydrogen) atoms. The summed E-state index contributed by atoms with van der Waals surface area (Å²) in [7, 11) is 1.93. The van der Waals surface area contributed by atoms with Crippen molar-refractivity contribution in [2.45, 2.75) is 34.1 Å². The number of benzene rings is 2. The molecule has 2 heterocycles. The molecular weight excluding hydrogens is 363 g/mol. The van der Waals surface area contributed by atoms with Crippen molar-refractivity contribution in [2.24, 2.45) is 13.0 Å². The van der Waals surface area contributed by atoms with Crippen LogP contribution >= 0.6 is 0 Å². The molecule has 2 aromatic heterocycles. The molecule has 0 unspecified atom stereocenters. The monoisotopic (exact) mass is 389 g/mol. The topological polar surface area (TPSA) is 21.4 Å². The SMILES string of the molecule is [2H]C([2H])(c1cc(C)[n+](C)c(-c2c(C)ccc3c2oc2c(F)c([N+]#[C-])ccc23)c1)C(C)C. The van der Waals surface area contributed by atoms with E-state index in [1.54, 1.807) is 6.07 Å². The molecule has 0 fully saturated rings. The summed E-state index contributed by atoms with van der Waals surface area (Å²) in [5, 5.41) is 1.38. The minimum atomic E-state index is -1.50. The van der Waals surface area contributed by atoms with Crippen LogP contribution in [0.3, 0.4) is 0 Å². The van der Waals surface area contributed by atoms with Crippen LogP contribution in [0, 0.1) is 32.2 Å². The molecular formula is C25H24FN2O+. The molecule has 0 saturated heterocycles. The van der Waals surface area contributed by atoms with E-state index in [1.807, 2.05) is 63.6 Å². The Bertz CT molecular complexity index is 1400. The van der Waals surface area contributed by atoms with E-state index in [1.165, 1.54) is 6.07 Å². The maximum absolute atomic E-state index is 14.8. The van der Waals surface area contributed by atoms with E-state index in [9.17, 15) is 4.39 Å². The number of furan rings is 1. The lowest BCUT2D eigenvalue weighted by Gasteiger charge is -2.11. The molecule has 0 amide bonds. The second-order valence-electron chi connectivity index (χ2n) is 7.75. The fourth-order valence-corrected chi connectivity index (χ4v) is 3.82. The molecule has 0 aliphatic carbocycles. The summed E-state index contributed by atoms with van der Waals surface area (Å²) < 4.78 is 40.0. The maximum atomic E-state index is 14.8. The lowest BCUT2D eigenvalue weighted by Crippen LogP contribution is -2.35. The van der Waals surface area contributed by atoms with Gasteiger partial charge in [-0.3, -0.25) is 0 Å². The molecule has 3 nitrogen and oxygen atoms in total. The van der Waals surface area contributed by atoms with Gasteiger partial charge in [-0.05, 0) is 30.3 Å². The maximum Gasteiger partial charge on any atom is 0.225 e. The molecule has 0 radical (unpaired) electrons. The quantitative estimate of drug-likeness (QED) is 0.286. The standard InChI is InChI=1S/C25H24FN2O/c1-14(2)11-17-12-16(4)28(6)21(13-17)22-15(3)7-8-18-19-9-10-20(27-5)23(26)25(19)29-24(18)22/h7-10,12-14H,11H2,1-4,6H3/q+1/i11D2. The number of nitrogens with zero attached hydrogens (tertiary/aromatic N) is 2. The molecule has 0 spiro atoms. The van der Waals surface area contributed by atoms with Crippen LogP contribution in [-0.4, -0.2) is 0 Å². The highest BCUT2D eigenvalue weighted by Gasteiger charge is 2.24. The fourth-order valence-electron chi connectivity index (χ4n) is 3.82. The average molecular weight is 389 g/mol. The van der Waals surface area contributed by atoms with E-state index in [4.69, 9.17) is 13.7 Å². The van der Waals surface area contributed by atoms with E-state index in [0.717, 1.165) is 27.9 Å². The van der Waals surface area contributed by atoms with Gasteiger partial charge >= 0.3 is 0 Å². The summed E-state index contributed by atoms with van der Waals surface area (Å²) >= 11 is 0. The van der Waals surface area contributed by atoms with Gasteiger partial charge in [0.05, 0.1) is 12.1 Å². The first-order valence-corrected chi connectivity index (χ1v) is 9.61. The van der Waals surface area contributed by atoms with Crippen molar-refractivity contribution >= 4 is 27.6 Å². The Balaban J connectivity index is 2.11. The third-order valence-electron chi connectivity index (χ3n) is 5.32. The second kappa shape index (κ2) is 7.00. The largest absolute Gasteiger partial charge is 0.453 e. The first kappa shape index (κ1) is 16.7. The summed E-state index contributed by atoms with van der Waals surface area (Å²) in [6.07, 6.45) is -1.50. The predicted octanol–water partition coefficient (Wildman–Crippen LogP) is 6.58. The molecule has 4 aromatic rings. The van der Waals surface area contributed by atoms with Gasteiger partial charge in [-0.1, -0.05) is 38.1 Å². The number of aromatic nitrogens is 1. The molecule has 0 atom stereocenters. The van der Waals surface area contributed by atoms with Gasteiger partial charge in [0.15, 0.2) is 17.1 Å². The Morgan fingerprint density at radius 3 is 2.52 bits per heavy atom. The van der Waals surface area contributed by atoms with Crippen molar-refractivity contribution in [1.82, 2.24) is 0 Å². The third kappa shape index (κ3) is 3.07. The number of hydrogen-bond acceptors (Lipinski definition) is 1. The summed E-state index contributed by atoms with van der Waals surface area (Å²) in [5.41, 5.74) is 4.58. The Kier molecular flexibility index (Phi) is 4.04. The molecule has 0 N–H and O–H groups in total. The van der Waals surface area contributed by atoms with Crippen LogP contribution in [0.5, 0.6) is 0 Å². The van der Waals surface area contributed by atoms with Crippen LogP contribution in [0.4, 0.5) is 10.1 Å². The average Bonchev–Trinajstić information content (AvgIpc) is 3.10. The molecule has 4 heteroatoms. The van der Waals surface area contributed by atoms with Crippen molar-refractivity contribution in [3.63, 3.8) is 0 Å². The van der Waals surface area contributed by atoms with Gasteiger partial charge in [-0.2, -0.15) is 4.57 Å². The zero-order valence-corrected chi connectivity index (χ0v) is 17.2. The van der Waals surface area contributed by atoms with Crippen molar-refractivity contribution in [1.29, 1.82) is 0 Å². The van der Waals surface area contributed by atoms with Gasteiger partial charge in [0, 0.05) is 32.6 Å². The molecule has 0 bridgehead atoms. The van der Waals surface area contributed by atoms with Gasteiger partial charge in [-0.25, -0.2) is 9.24 Å². The molecule has 4 rings (SSSR count). The van der Waals surface area contributed by atoms with Crippen LogP contribution in [-0.2, 0) is 13.4 Å². The summed E-state index contributed by atoms with van der Waals surface area (Å²) in [4.78, 5) is 3.24. The highest BCUT2D eigenvalue weighted by atomic mass is 19.1. The first-order chi connectivity index (χ1) is 14.6.